The Morgan fingerprint density at radius 3 is 2.53 bits per heavy atom. The molecule has 1 aliphatic heterocycles. The average molecular weight is 285 g/mol. The second kappa shape index (κ2) is 5.30. The van der Waals surface area contributed by atoms with E-state index in [0.717, 1.165) is 5.82 Å². The van der Waals surface area contributed by atoms with Gasteiger partial charge in [-0.05, 0) is 18.9 Å². The van der Waals surface area contributed by atoms with Gasteiger partial charge < -0.3 is 9.80 Å². The summed E-state index contributed by atoms with van der Waals surface area (Å²) in [5.41, 5.74) is 0. The van der Waals surface area contributed by atoms with Crippen molar-refractivity contribution >= 4 is 21.8 Å². The van der Waals surface area contributed by atoms with Crippen molar-refractivity contribution in [3.05, 3.63) is 12.3 Å². The van der Waals surface area contributed by atoms with Crippen LogP contribution in [-0.2, 0) is 10.0 Å². The van der Waals surface area contributed by atoms with Crippen LogP contribution in [0.3, 0.4) is 0 Å². The minimum Gasteiger partial charge on any atom is -0.356 e. The van der Waals surface area contributed by atoms with E-state index in [4.69, 9.17) is 5.14 Å². The predicted octanol–water partition coefficient (Wildman–Crippen LogP) is -0.200. The standard InChI is InChI=1S/C11H19N5O2S/c1-15(2)11-13-6-3-10(14-11)16-7-4-9(5-8-16)19(12,17)18/h3,6,9H,4-5,7-8H2,1-2H3,(H2,12,17,18). The van der Waals surface area contributed by atoms with Crippen molar-refractivity contribution in [1.82, 2.24) is 9.97 Å². The molecule has 0 spiro atoms. The first-order chi connectivity index (χ1) is 8.88. The molecule has 19 heavy (non-hydrogen) atoms. The molecular weight excluding hydrogens is 266 g/mol. The van der Waals surface area contributed by atoms with Gasteiger partial charge in [-0.25, -0.2) is 18.5 Å². The molecule has 0 aliphatic carbocycles. The summed E-state index contributed by atoms with van der Waals surface area (Å²) in [7, 11) is 0.342. The Kier molecular flexibility index (Phi) is 3.91. The highest BCUT2D eigenvalue weighted by molar-refractivity contribution is 7.89. The highest BCUT2D eigenvalue weighted by Gasteiger charge is 2.27. The molecule has 0 amide bonds. The summed E-state index contributed by atoms with van der Waals surface area (Å²) in [5.74, 6) is 1.47. The second-order valence-electron chi connectivity index (χ2n) is 4.88. The van der Waals surface area contributed by atoms with Crippen molar-refractivity contribution in [2.24, 2.45) is 5.14 Å². The fourth-order valence-corrected chi connectivity index (χ4v) is 3.01. The van der Waals surface area contributed by atoms with Crippen LogP contribution < -0.4 is 14.9 Å². The van der Waals surface area contributed by atoms with Gasteiger partial charge in [0.2, 0.25) is 16.0 Å². The van der Waals surface area contributed by atoms with Crippen LogP contribution in [0.15, 0.2) is 12.3 Å². The van der Waals surface area contributed by atoms with Crippen molar-refractivity contribution < 1.29 is 8.42 Å². The highest BCUT2D eigenvalue weighted by atomic mass is 32.2. The van der Waals surface area contributed by atoms with Crippen molar-refractivity contribution in [2.75, 3.05) is 37.0 Å². The van der Waals surface area contributed by atoms with Crippen LogP contribution >= 0.6 is 0 Å². The van der Waals surface area contributed by atoms with Gasteiger partial charge in [-0.1, -0.05) is 0 Å². The first-order valence-electron chi connectivity index (χ1n) is 6.15. The van der Waals surface area contributed by atoms with Gasteiger partial charge in [0.1, 0.15) is 5.82 Å². The van der Waals surface area contributed by atoms with Crippen LogP contribution in [0.5, 0.6) is 0 Å². The van der Waals surface area contributed by atoms with E-state index in [1.54, 1.807) is 6.20 Å². The van der Waals surface area contributed by atoms with Gasteiger partial charge in [0.05, 0.1) is 5.25 Å². The number of anilines is 2. The van der Waals surface area contributed by atoms with Crippen molar-refractivity contribution in [3.8, 4) is 0 Å². The van der Waals surface area contributed by atoms with Gasteiger partial charge in [-0.2, -0.15) is 4.98 Å². The summed E-state index contributed by atoms with van der Waals surface area (Å²) < 4.78 is 22.6. The van der Waals surface area contributed by atoms with Crippen LogP contribution in [0.1, 0.15) is 12.8 Å². The number of aromatic nitrogens is 2. The van der Waals surface area contributed by atoms with Gasteiger partial charge in [-0.15, -0.1) is 0 Å². The molecule has 2 rings (SSSR count). The molecule has 8 heteroatoms. The number of primary sulfonamides is 1. The molecule has 1 aromatic heterocycles. The summed E-state index contributed by atoms with van der Waals surface area (Å²) in [5, 5.41) is 4.75. The maximum Gasteiger partial charge on any atom is 0.226 e. The van der Waals surface area contributed by atoms with E-state index >= 15 is 0 Å². The lowest BCUT2D eigenvalue weighted by Crippen LogP contribution is -2.42. The third kappa shape index (κ3) is 3.32. The topological polar surface area (TPSA) is 92.4 Å². The van der Waals surface area contributed by atoms with Gasteiger partial charge in [-0.3, -0.25) is 0 Å². The van der Waals surface area contributed by atoms with E-state index in [2.05, 4.69) is 14.9 Å². The van der Waals surface area contributed by atoms with E-state index in [1.165, 1.54) is 0 Å². The molecule has 2 N–H and O–H groups in total. The number of sulfonamides is 1. The van der Waals surface area contributed by atoms with Crippen molar-refractivity contribution in [3.63, 3.8) is 0 Å². The fourth-order valence-electron chi connectivity index (χ4n) is 2.14. The Balaban J connectivity index is 2.07. The smallest absolute Gasteiger partial charge is 0.226 e. The Morgan fingerprint density at radius 2 is 2.00 bits per heavy atom. The predicted molar refractivity (Wildman–Crippen MR) is 74.7 cm³/mol. The van der Waals surface area contributed by atoms with Crippen LogP contribution in [0.25, 0.3) is 0 Å². The number of nitrogens with zero attached hydrogens (tertiary/aromatic N) is 4. The van der Waals surface area contributed by atoms with Crippen molar-refractivity contribution in [1.29, 1.82) is 0 Å². The quantitative estimate of drug-likeness (QED) is 0.827. The van der Waals surface area contributed by atoms with E-state index < -0.39 is 15.3 Å². The third-order valence-corrected chi connectivity index (χ3v) is 4.66. The molecular formula is C11H19N5O2S. The number of hydrogen-bond donors (Lipinski definition) is 1. The zero-order valence-corrected chi connectivity index (χ0v) is 12.0. The lowest BCUT2D eigenvalue weighted by Gasteiger charge is -2.31. The van der Waals surface area contributed by atoms with Gasteiger partial charge in [0.25, 0.3) is 0 Å². The van der Waals surface area contributed by atoms with Crippen LogP contribution in [0.4, 0.5) is 11.8 Å². The minimum absolute atomic E-state index is 0.432. The van der Waals surface area contributed by atoms with E-state index in [0.29, 0.717) is 31.9 Å². The Morgan fingerprint density at radius 1 is 1.37 bits per heavy atom. The zero-order valence-electron chi connectivity index (χ0n) is 11.2. The lowest BCUT2D eigenvalue weighted by atomic mass is 10.1. The Hall–Kier alpha value is -1.41. The Labute approximate surface area is 113 Å². The molecule has 1 saturated heterocycles. The van der Waals surface area contributed by atoms with Crippen LogP contribution in [0, 0.1) is 0 Å². The average Bonchev–Trinajstić information content (AvgIpc) is 2.38. The molecule has 1 aromatic rings. The van der Waals surface area contributed by atoms with Crippen LogP contribution in [0.2, 0.25) is 0 Å². The molecule has 2 heterocycles. The number of rotatable bonds is 3. The SMILES string of the molecule is CN(C)c1nccc(N2CCC(S(N)(=O)=O)CC2)n1. The number of hydrogen-bond acceptors (Lipinski definition) is 6. The summed E-state index contributed by atoms with van der Waals surface area (Å²) in [6.07, 6.45) is 2.80. The van der Waals surface area contributed by atoms with E-state index in [9.17, 15) is 8.42 Å². The monoisotopic (exact) mass is 285 g/mol. The summed E-state index contributed by atoms with van der Waals surface area (Å²) in [6, 6.07) is 1.84. The van der Waals surface area contributed by atoms with Gasteiger partial charge in [0.15, 0.2) is 0 Å². The van der Waals surface area contributed by atoms with Gasteiger partial charge in [0, 0.05) is 33.4 Å². The molecule has 1 fully saturated rings. The minimum atomic E-state index is -3.42. The zero-order chi connectivity index (χ0) is 14.0. The highest BCUT2D eigenvalue weighted by Crippen LogP contribution is 2.21. The summed E-state index contributed by atoms with van der Waals surface area (Å²) in [6.45, 7) is 1.29. The van der Waals surface area contributed by atoms with E-state index in [1.807, 2.05) is 25.1 Å². The molecule has 7 nitrogen and oxygen atoms in total. The molecule has 0 radical (unpaired) electrons. The normalized spacial score (nSPS) is 17.5. The molecule has 1 aliphatic rings. The molecule has 0 unspecified atom stereocenters. The maximum absolute atomic E-state index is 11.3. The van der Waals surface area contributed by atoms with Gasteiger partial charge >= 0.3 is 0 Å². The molecule has 0 saturated carbocycles. The molecule has 0 atom stereocenters. The van der Waals surface area contributed by atoms with E-state index in [-0.39, 0.29) is 0 Å². The first-order valence-corrected chi connectivity index (χ1v) is 7.76. The number of piperidine rings is 1. The largest absolute Gasteiger partial charge is 0.356 e. The lowest BCUT2D eigenvalue weighted by molar-refractivity contribution is 0.529. The first kappa shape index (κ1) is 14.0. The maximum atomic E-state index is 11.3. The van der Waals surface area contributed by atoms with Crippen molar-refractivity contribution in [2.45, 2.75) is 18.1 Å². The summed E-state index contributed by atoms with van der Waals surface area (Å²) in [4.78, 5) is 12.5. The molecule has 0 bridgehead atoms. The third-order valence-electron chi connectivity index (χ3n) is 3.26. The van der Waals surface area contributed by atoms with Crippen LogP contribution in [-0.4, -0.2) is 50.8 Å². The number of nitrogens with two attached hydrogens (primary N) is 1. The fraction of sp³-hybridized carbons (Fsp3) is 0.636. The molecule has 0 aromatic carbocycles. The Bertz CT molecular complexity index is 538. The summed E-state index contributed by atoms with van der Waals surface area (Å²) >= 11 is 0. The second-order valence-corrected chi connectivity index (χ2v) is 6.73. The molecule has 106 valence electrons.